The Balaban J connectivity index is 4.40. The van der Waals surface area contributed by atoms with Gasteiger partial charge in [-0.2, -0.15) is 0 Å². The Kier molecular flexibility index (Phi) is 51.9. The third kappa shape index (κ3) is 51.8. The average molecular weight is 921 g/mol. The molecule has 6 heteroatoms. The molecule has 0 aromatic heterocycles. The Morgan fingerprint density at radius 3 is 0.864 bits per heavy atom. The van der Waals surface area contributed by atoms with E-state index in [2.05, 4.69) is 93.7 Å². The van der Waals surface area contributed by atoms with E-state index in [0.717, 1.165) is 96.3 Å². The van der Waals surface area contributed by atoms with E-state index in [1.54, 1.807) is 0 Å². The van der Waals surface area contributed by atoms with Gasteiger partial charge in [0.05, 0.1) is 0 Å². The van der Waals surface area contributed by atoms with Crippen molar-refractivity contribution in [3.05, 3.63) is 72.9 Å². The number of hydrogen-bond acceptors (Lipinski definition) is 6. The topological polar surface area (TPSA) is 78.9 Å². The third-order valence-corrected chi connectivity index (χ3v) is 11.9. The molecule has 0 aromatic carbocycles. The molecule has 0 saturated heterocycles. The van der Waals surface area contributed by atoms with Crippen LogP contribution in [-0.4, -0.2) is 37.2 Å². The smallest absolute Gasteiger partial charge is 0.306 e. The highest BCUT2D eigenvalue weighted by atomic mass is 16.6. The molecular formula is C60H104O6. The zero-order chi connectivity index (χ0) is 47.9. The molecule has 0 spiro atoms. The van der Waals surface area contributed by atoms with Crippen LogP contribution in [0.1, 0.15) is 271 Å². The summed E-state index contributed by atoms with van der Waals surface area (Å²) in [5.41, 5.74) is 0. The van der Waals surface area contributed by atoms with Crippen LogP contribution in [0.4, 0.5) is 0 Å². The molecule has 0 rings (SSSR count). The fourth-order valence-corrected chi connectivity index (χ4v) is 7.65. The first kappa shape index (κ1) is 62.8. The fraction of sp³-hybridized carbons (Fsp3) is 0.750. The van der Waals surface area contributed by atoms with Gasteiger partial charge < -0.3 is 14.2 Å². The lowest BCUT2D eigenvalue weighted by Gasteiger charge is -2.18. The Labute approximate surface area is 408 Å². The second-order valence-corrected chi connectivity index (χ2v) is 18.5. The summed E-state index contributed by atoms with van der Waals surface area (Å²) in [7, 11) is 0. The molecule has 0 fully saturated rings. The van der Waals surface area contributed by atoms with Crippen molar-refractivity contribution in [2.45, 2.75) is 277 Å². The summed E-state index contributed by atoms with van der Waals surface area (Å²) < 4.78 is 16.8. The molecule has 0 aromatic rings. The molecule has 0 aliphatic heterocycles. The summed E-state index contributed by atoms with van der Waals surface area (Å²) in [5.74, 6) is -0.911. The van der Waals surface area contributed by atoms with Gasteiger partial charge in [0, 0.05) is 19.3 Å². The summed E-state index contributed by atoms with van der Waals surface area (Å²) >= 11 is 0. The predicted octanol–water partition coefficient (Wildman–Crippen LogP) is 18.6. The van der Waals surface area contributed by atoms with Crippen molar-refractivity contribution < 1.29 is 28.6 Å². The van der Waals surface area contributed by atoms with Gasteiger partial charge in [-0.25, -0.2) is 0 Å². The van der Waals surface area contributed by atoms with E-state index < -0.39 is 6.10 Å². The van der Waals surface area contributed by atoms with Crippen LogP contribution in [-0.2, 0) is 28.6 Å². The third-order valence-electron chi connectivity index (χ3n) is 11.9. The maximum Gasteiger partial charge on any atom is 0.306 e. The number of allylic oxidation sites excluding steroid dienone is 12. The van der Waals surface area contributed by atoms with Gasteiger partial charge in [0.2, 0.25) is 0 Å². The van der Waals surface area contributed by atoms with Gasteiger partial charge in [0.15, 0.2) is 6.10 Å². The van der Waals surface area contributed by atoms with E-state index in [1.165, 1.54) is 135 Å². The summed E-state index contributed by atoms with van der Waals surface area (Å²) in [4.78, 5) is 38.1. The van der Waals surface area contributed by atoms with Crippen LogP contribution in [0.15, 0.2) is 72.9 Å². The van der Waals surface area contributed by atoms with Gasteiger partial charge in [0.1, 0.15) is 13.2 Å². The number of hydrogen-bond donors (Lipinski definition) is 0. The minimum atomic E-state index is -0.788. The van der Waals surface area contributed by atoms with Crippen LogP contribution in [0.5, 0.6) is 0 Å². The van der Waals surface area contributed by atoms with Gasteiger partial charge in [-0.15, -0.1) is 0 Å². The largest absolute Gasteiger partial charge is 0.462 e. The van der Waals surface area contributed by atoms with Crippen LogP contribution in [0.25, 0.3) is 0 Å². The Morgan fingerprint density at radius 1 is 0.303 bits per heavy atom. The Morgan fingerprint density at radius 2 is 0.545 bits per heavy atom. The number of carbonyl (C=O) groups excluding carboxylic acids is 3. The van der Waals surface area contributed by atoms with Crippen molar-refractivity contribution >= 4 is 17.9 Å². The van der Waals surface area contributed by atoms with E-state index in [1.807, 2.05) is 0 Å². The molecular weight excluding hydrogens is 817 g/mol. The van der Waals surface area contributed by atoms with Gasteiger partial charge in [-0.3, -0.25) is 14.4 Å². The molecule has 0 aliphatic carbocycles. The number of unbranched alkanes of at least 4 members (excludes halogenated alkanes) is 27. The molecule has 66 heavy (non-hydrogen) atoms. The lowest BCUT2D eigenvalue weighted by molar-refractivity contribution is -0.167. The maximum atomic E-state index is 12.8. The zero-order valence-corrected chi connectivity index (χ0v) is 43.4. The van der Waals surface area contributed by atoms with Crippen molar-refractivity contribution in [2.24, 2.45) is 0 Å². The van der Waals surface area contributed by atoms with Crippen LogP contribution in [0, 0.1) is 0 Å². The fourth-order valence-electron chi connectivity index (χ4n) is 7.65. The van der Waals surface area contributed by atoms with Gasteiger partial charge >= 0.3 is 17.9 Å². The SMILES string of the molecule is CCCCC/C=C\C/C=C\C/C=C\CCCCCCCCC(=O)OC[C@@H](COC(=O)CCCCCCC/C=C\CCCCC)OC(=O)CCCCCCCCC/C=C\C/C=C\CCCCC. The normalized spacial score (nSPS) is 12.6. The molecule has 0 saturated carbocycles. The number of ether oxygens (including phenoxy) is 3. The molecule has 0 radical (unpaired) electrons. The van der Waals surface area contributed by atoms with Gasteiger partial charge in [-0.1, -0.05) is 209 Å². The number of rotatable bonds is 50. The highest BCUT2D eigenvalue weighted by molar-refractivity contribution is 5.71. The average Bonchev–Trinajstić information content (AvgIpc) is 3.31. The number of carbonyl (C=O) groups is 3. The molecule has 0 bridgehead atoms. The Bertz CT molecular complexity index is 1240. The quantitative estimate of drug-likeness (QED) is 0.0262. The molecule has 1 atom stereocenters. The lowest BCUT2D eigenvalue weighted by atomic mass is 10.1. The predicted molar refractivity (Wildman–Crippen MR) is 284 cm³/mol. The minimum absolute atomic E-state index is 0.0872. The molecule has 0 unspecified atom stereocenters. The second-order valence-electron chi connectivity index (χ2n) is 18.5. The Hall–Kier alpha value is -3.15. The maximum absolute atomic E-state index is 12.8. The standard InChI is InChI=1S/C60H104O6/c1-4-7-10-13-16-19-22-25-27-29-30-32-33-35-38-41-44-47-50-53-59(62)65-56-57(55-64-58(61)52-49-46-43-40-37-24-21-18-15-12-9-6-3)66-60(63)54-51-48-45-42-39-36-34-31-28-26-23-20-17-14-11-8-5-2/h16-21,25-28,30,32,57H,4-15,22-24,29,31,33-56H2,1-3H3/b19-16-,20-17-,21-18-,27-25-,28-26-,32-30-/t57-/m1/s1. The lowest BCUT2D eigenvalue weighted by Crippen LogP contribution is -2.30. The minimum Gasteiger partial charge on any atom is -0.462 e. The van der Waals surface area contributed by atoms with Crippen molar-refractivity contribution in [1.29, 1.82) is 0 Å². The molecule has 0 aliphatic rings. The first-order valence-corrected chi connectivity index (χ1v) is 27.9. The summed E-state index contributed by atoms with van der Waals surface area (Å²) in [6.45, 7) is 6.55. The summed E-state index contributed by atoms with van der Waals surface area (Å²) in [6, 6.07) is 0. The first-order valence-electron chi connectivity index (χ1n) is 27.9. The van der Waals surface area contributed by atoms with Crippen molar-refractivity contribution in [3.8, 4) is 0 Å². The highest BCUT2D eigenvalue weighted by Crippen LogP contribution is 2.14. The van der Waals surface area contributed by atoms with E-state index in [0.29, 0.717) is 19.3 Å². The van der Waals surface area contributed by atoms with Crippen LogP contribution in [0.2, 0.25) is 0 Å². The van der Waals surface area contributed by atoms with Crippen molar-refractivity contribution in [3.63, 3.8) is 0 Å². The highest BCUT2D eigenvalue weighted by Gasteiger charge is 2.19. The van der Waals surface area contributed by atoms with E-state index in [4.69, 9.17) is 14.2 Å². The van der Waals surface area contributed by atoms with Gasteiger partial charge in [0.25, 0.3) is 0 Å². The van der Waals surface area contributed by atoms with Crippen LogP contribution < -0.4 is 0 Å². The monoisotopic (exact) mass is 921 g/mol. The molecule has 0 heterocycles. The second kappa shape index (κ2) is 54.5. The summed E-state index contributed by atoms with van der Waals surface area (Å²) in [6.07, 6.45) is 68.8. The zero-order valence-electron chi connectivity index (χ0n) is 43.4. The molecule has 0 N–H and O–H groups in total. The van der Waals surface area contributed by atoms with Crippen LogP contribution >= 0.6 is 0 Å². The van der Waals surface area contributed by atoms with Crippen molar-refractivity contribution in [1.82, 2.24) is 0 Å². The van der Waals surface area contributed by atoms with Crippen molar-refractivity contribution in [2.75, 3.05) is 13.2 Å². The van der Waals surface area contributed by atoms with E-state index >= 15 is 0 Å². The molecule has 380 valence electrons. The summed E-state index contributed by atoms with van der Waals surface area (Å²) in [5, 5.41) is 0. The molecule has 0 amide bonds. The van der Waals surface area contributed by atoms with Crippen LogP contribution in [0.3, 0.4) is 0 Å². The van der Waals surface area contributed by atoms with Gasteiger partial charge in [-0.05, 0) is 116 Å². The number of esters is 3. The first-order chi connectivity index (χ1) is 32.5. The van der Waals surface area contributed by atoms with E-state index in [-0.39, 0.29) is 31.1 Å². The van der Waals surface area contributed by atoms with E-state index in [9.17, 15) is 14.4 Å². The molecule has 6 nitrogen and oxygen atoms in total.